The molecule has 1 aromatic heterocycles. The maximum Gasteiger partial charge on any atom is 0.337 e. The number of rotatable bonds is 4. The zero-order chi connectivity index (χ0) is 15.4. The van der Waals surface area contributed by atoms with Gasteiger partial charge in [-0.15, -0.1) is 0 Å². The summed E-state index contributed by atoms with van der Waals surface area (Å²) in [6.07, 6.45) is 6.66. The average molecular weight is 287 g/mol. The van der Waals surface area contributed by atoms with E-state index in [9.17, 15) is 14.9 Å². The third-order valence-corrected chi connectivity index (χ3v) is 2.83. The Morgan fingerprint density at radius 2 is 2.19 bits per heavy atom. The highest BCUT2D eigenvalue weighted by molar-refractivity contribution is 5.91. The molecule has 0 N–H and O–H groups in total. The number of hydrogen-bond acceptors (Lipinski definition) is 5. The molecule has 7 heteroatoms. The van der Waals surface area contributed by atoms with E-state index in [0.29, 0.717) is 5.56 Å². The van der Waals surface area contributed by atoms with E-state index in [1.807, 2.05) is 0 Å². The number of benzene rings is 1. The fraction of sp³-hybridized carbons (Fsp3) is 0.143. The third-order valence-electron chi connectivity index (χ3n) is 2.83. The van der Waals surface area contributed by atoms with E-state index in [0.717, 1.165) is 5.56 Å². The van der Waals surface area contributed by atoms with E-state index in [1.54, 1.807) is 36.3 Å². The maximum absolute atomic E-state index is 11.5. The Kier molecular flexibility index (Phi) is 4.13. The van der Waals surface area contributed by atoms with E-state index in [4.69, 9.17) is 0 Å². The fourth-order valence-corrected chi connectivity index (χ4v) is 1.81. The van der Waals surface area contributed by atoms with Crippen LogP contribution in [0.2, 0.25) is 0 Å². The number of ether oxygens (including phenoxy) is 1. The third kappa shape index (κ3) is 3.33. The number of nitro groups is 1. The zero-order valence-electron chi connectivity index (χ0n) is 11.5. The van der Waals surface area contributed by atoms with Gasteiger partial charge < -0.3 is 4.74 Å². The van der Waals surface area contributed by atoms with Crippen LogP contribution < -0.4 is 0 Å². The van der Waals surface area contributed by atoms with Crippen LogP contribution in [0.25, 0.3) is 12.2 Å². The lowest BCUT2D eigenvalue weighted by Crippen LogP contribution is -2.02. The number of carbonyl (C=O) groups is 1. The molecule has 2 rings (SSSR count). The molecule has 0 unspecified atom stereocenters. The predicted octanol–water partition coefficient (Wildman–Crippen LogP) is 2.29. The first kappa shape index (κ1) is 14.4. The Hall–Kier alpha value is -2.96. The van der Waals surface area contributed by atoms with Crippen molar-refractivity contribution in [2.24, 2.45) is 7.05 Å². The van der Waals surface area contributed by atoms with Crippen molar-refractivity contribution < 1.29 is 14.5 Å². The van der Waals surface area contributed by atoms with Gasteiger partial charge in [-0.2, -0.15) is 5.10 Å². The van der Waals surface area contributed by atoms with Crippen LogP contribution in [0.5, 0.6) is 0 Å². The number of carbonyl (C=O) groups excluding carboxylic acids is 1. The Bertz CT molecular complexity index is 719. The second-order valence-corrected chi connectivity index (χ2v) is 4.30. The molecule has 0 fully saturated rings. The molecule has 0 atom stereocenters. The molecule has 0 aliphatic carbocycles. The minimum Gasteiger partial charge on any atom is -0.465 e. The SMILES string of the molecule is COC(=O)c1ccc([N+](=O)[O-])c(/C=C/c2cnn(C)c2)c1. The van der Waals surface area contributed by atoms with Crippen LogP contribution in [0.1, 0.15) is 21.5 Å². The van der Waals surface area contributed by atoms with Crippen molar-refractivity contribution in [3.8, 4) is 0 Å². The van der Waals surface area contributed by atoms with Crippen LogP contribution in [-0.2, 0) is 11.8 Å². The van der Waals surface area contributed by atoms with Crippen molar-refractivity contribution in [2.45, 2.75) is 0 Å². The summed E-state index contributed by atoms with van der Waals surface area (Å²) in [6.45, 7) is 0. The number of aromatic nitrogens is 2. The Labute approximate surface area is 120 Å². The summed E-state index contributed by atoms with van der Waals surface area (Å²) >= 11 is 0. The minimum absolute atomic E-state index is 0.0807. The molecule has 0 amide bonds. The van der Waals surface area contributed by atoms with Gasteiger partial charge in [0.1, 0.15) is 0 Å². The van der Waals surface area contributed by atoms with Gasteiger partial charge in [-0.3, -0.25) is 14.8 Å². The number of nitrogens with zero attached hydrogens (tertiary/aromatic N) is 3. The van der Waals surface area contributed by atoms with Crippen LogP contribution in [0.15, 0.2) is 30.6 Å². The molecular weight excluding hydrogens is 274 g/mol. The molecule has 21 heavy (non-hydrogen) atoms. The van der Waals surface area contributed by atoms with Crippen molar-refractivity contribution in [1.82, 2.24) is 9.78 Å². The number of hydrogen-bond donors (Lipinski definition) is 0. The van der Waals surface area contributed by atoms with Crippen molar-refractivity contribution in [1.29, 1.82) is 0 Å². The largest absolute Gasteiger partial charge is 0.465 e. The molecule has 0 spiro atoms. The molecule has 1 aromatic carbocycles. The molecular formula is C14H13N3O4. The van der Waals surface area contributed by atoms with Gasteiger partial charge in [-0.05, 0) is 18.2 Å². The van der Waals surface area contributed by atoms with Crippen molar-refractivity contribution in [3.05, 3.63) is 57.4 Å². The molecule has 1 heterocycles. The first-order chi connectivity index (χ1) is 10.0. The van der Waals surface area contributed by atoms with Crippen LogP contribution in [0.3, 0.4) is 0 Å². The predicted molar refractivity (Wildman–Crippen MR) is 76.6 cm³/mol. The molecule has 7 nitrogen and oxygen atoms in total. The Morgan fingerprint density at radius 1 is 1.43 bits per heavy atom. The monoisotopic (exact) mass is 287 g/mol. The summed E-state index contributed by atoms with van der Waals surface area (Å²) in [5.74, 6) is -0.541. The number of nitro benzene ring substituents is 1. The average Bonchev–Trinajstić information content (AvgIpc) is 2.89. The molecule has 2 aromatic rings. The summed E-state index contributed by atoms with van der Waals surface area (Å²) in [5, 5.41) is 15.0. The number of aryl methyl sites for hydroxylation is 1. The molecule has 108 valence electrons. The standard InChI is InChI=1S/C14H13N3O4/c1-16-9-10(8-15-16)3-4-11-7-12(14(18)21-2)5-6-13(11)17(19)20/h3-9H,1-2H3/b4-3+. The highest BCUT2D eigenvalue weighted by Gasteiger charge is 2.15. The Balaban J connectivity index is 2.41. The van der Waals surface area contributed by atoms with Crippen molar-refractivity contribution in [3.63, 3.8) is 0 Å². The van der Waals surface area contributed by atoms with E-state index in [2.05, 4.69) is 9.84 Å². The van der Waals surface area contributed by atoms with Gasteiger partial charge in [-0.1, -0.05) is 6.08 Å². The summed E-state index contributed by atoms with van der Waals surface area (Å²) in [4.78, 5) is 22.0. The van der Waals surface area contributed by atoms with Gasteiger partial charge in [0.25, 0.3) is 5.69 Å². The van der Waals surface area contributed by atoms with E-state index < -0.39 is 10.9 Å². The number of methoxy groups -OCH3 is 1. The van der Waals surface area contributed by atoms with Crippen LogP contribution in [0, 0.1) is 10.1 Å². The summed E-state index contributed by atoms with van der Waals surface area (Å²) in [7, 11) is 3.03. The van der Waals surface area contributed by atoms with Crippen molar-refractivity contribution >= 4 is 23.8 Å². The van der Waals surface area contributed by atoms with E-state index in [1.165, 1.54) is 25.3 Å². The normalized spacial score (nSPS) is 10.8. The summed E-state index contributed by atoms with van der Waals surface area (Å²) in [5.41, 5.74) is 1.30. The van der Waals surface area contributed by atoms with Crippen LogP contribution >= 0.6 is 0 Å². The van der Waals surface area contributed by atoms with Gasteiger partial charge in [0.2, 0.25) is 0 Å². The van der Waals surface area contributed by atoms with Crippen molar-refractivity contribution in [2.75, 3.05) is 7.11 Å². The fourth-order valence-electron chi connectivity index (χ4n) is 1.81. The van der Waals surface area contributed by atoms with E-state index >= 15 is 0 Å². The molecule has 0 radical (unpaired) electrons. The molecule has 0 saturated heterocycles. The summed E-state index contributed by atoms with van der Waals surface area (Å²) < 4.78 is 6.24. The van der Waals surface area contributed by atoms with Crippen LogP contribution in [0.4, 0.5) is 5.69 Å². The lowest BCUT2D eigenvalue weighted by atomic mass is 10.1. The minimum atomic E-state index is -0.541. The molecule has 0 bridgehead atoms. The second-order valence-electron chi connectivity index (χ2n) is 4.30. The first-order valence-electron chi connectivity index (χ1n) is 6.04. The van der Waals surface area contributed by atoms with Gasteiger partial charge in [0.15, 0.2) is 0 Å². The van der Waals surface area contributed by atoms with Gasteiger partial charge in [0, 0.05) is 24.9 Å². The number of esters is 1. The molecule has 0 aliphatic rings. The van der Waals surface area contributed by atoms with Gasteiger partial charge >= 0.3 is 5.97 Å². The smallest absolute Gasteiger partial charge is 0.337 e. The van der Waals surface area contributed by atoms with Gasteiger partial charge in [-0.25, -0.2) is 4.79 Å². The zero-order valence-corrected chi connectivity index (χ0v) is 11.5. The highest BCUT2D eigenvalue weighted by Crippen LogP contribution is 2.23. The highest BCUT2D eigenvalue weighted by atomic mass is 16.6. The maximum atomic E-state index is 11.5. The van der Waals surface area contributed by atoms with Crippen LogP contribution in [-0.4, -0.2) is 27.8 Å². The quantitative estimate of drug-likeness (QED) is 0.489. The van der Waals surface area contributed by atoms with E-state index in [-0.39, 0.29) is 11.3 Å². The first-order valence-corrected chi connectivity index (χ1v) is 6.04. The van der Waals surface area contributed by atoms with Gasteiger partial charge in [0.05, 0.1) is 29.4 Å². The lowest BCUT2D eigenvalue weighted by molar-refractivity contribution is -0.385. The summed E-state index contributed by atoms with van der Waals surface area (Å²) in [6, 6.07) is 4.08. The second kappa shape index (κ2) is 6.00. The topological polar surface area (TPSA) is 87.3 Å². The Morgan fingerprint density at radius 3 is 2.76 bits per heavy atom. The molecule has 0 aliphatic heterocycles. The molecule has 0 saturated carbocycles. The lowest BCUT2D eigenvalue weighted by Gasteiger charge is -2.02.